The van der Waals surface area contributed by atoms with Gasteiger partial charge in [-0.25, -0.2) is 4.39 Å². The Morgan fingerprint density at radius 1 is 1.03 bits per heavy atom. The van der Waals surface area contributed by atoms with Gasteiger partial charge in [-0.3, -0.25) is 19.3 Å². The predicted octanol–water partition coefficient (Wildman–Crippen LogP) is 5.09. The molecule has 4 rings (SSSR count). The van der Waals surface area contributed by atoms with Gasteiger partial charge in [0.25, 0.3) is 11.1 Å². The van der Waals surface area contributed by atoms with Crippen LogP contribution in [0.2, 0.25) is 0 Å². The molecule has 0 unspecified atom stereocenters. The minimum atomic E-state index is -0.575. The van der Waals surface area contributed by atoms with Crippen LogP contribution in [0.5, 0.6) is 11.5 Å². The van der Waals surface area contributed by atoms with Gasteiger partial charge in [0.2, 0.25) is 5.91 Å². The van der Waals surface area contributed by atoms with Crippen LogP contribution in [-0.4, -0.2) is 35.6 Å². The molecule has 7 nitrogen and oxygen atoms in total. The van der Waals surface area contributed by atoms with E-state index in [2.05, 4.69) is 5.32 Å². The summed E-state index contributed by atoms with van der Waals surface area (Å²) in [5, 5.41) is 2.11. The highest BCUT2D eigenvalue weighted by Gasteiger charge is 2.36. The molecule has 0 atom stereocenters. The number of rotatable bonds is 8. The Hall–Kier alpha value is -4.11. The summed E-state index contributed by atoms with van der Waals surface area (Å²) in [4.78, 5) is 38.8. The van der Waals surface area contributed by atoms with Gasteiger partial charge in [0, 0.05) is 16.8 Å². The van der Waals surface area contributed by atoms with Crippen molar-refractivity contribution < 1.29 is 28.2 Å². The number of nitrogens with zero attached hydrogens (tertiary/aromatic N) is 1. The van der Waals surface area contributed by atoms with Crippen LogP contribution < -0.4 is 14.8 Å². The zero-order chi connectivity index (χ0) is 24.8. The molecule has 0 saturated carbocycles. The molecule has 3 amide bonds. The molecule has 1 fully saturated rings. The molecule has 1 saturated heterocycles. The van der Waals surface area contributed by atoms with E-state index in [1.165, 1.54) is 19.3 Å². The lowest BCUT2D eigenvalue weighted by Crippen LogP contribution is -2.36. The predicted molar refractivity (Wildman–Crippen MR) is 131 cm³/mol. The number of nitrogens with one attached hydrogen (secondary N) is 1. The van der Waals surface area contributed by atoms with Crippen molar-refractivity contribution in [2.24, 2.45) is 0 Å². The van der Waals surface area contributed by atoms with Gasteiger partial charge in [0.1, 0.15) is 30.5 Å². The number of thioether (sulfide) groups is 1. The van der Waals surface area contributed by atoms with Crippen LogP contribution in [0, 0.1) is 5.82 Å². The molecule has 0 bridgehead atoms. The Labute approximate surface area is 205 Å². The molecule has 3 aromatic carbocycles. The topological polar surface area (TPSA) is 84.9 Å². The van der Waals surface area contributed by atoms with Crippen molar-refractivity contribution in [3.05, 3.63) is 94.6 Å². The van der Waals surface area contributed by atoms with Crippen molar-refractivity contribution in [2.75, 3.05) is 19.0 Å². The first-order valence-corrected chi connectivity index (χ1v) is 11.4. The zero-order valence-corrected chi connectivity index (χ0v) is 19.5. The van der Waals surface area contributed by atoms with E-state index in [0.29, 0.717) is 28.3 Å². The fourth-order valence-electron chi connectivity index (χ4n) is 3.30. The van der Waals surface area contributed by atoms with Gasteiger partial charge in [0.15, 0.2) is 0 Å². The van der Waals surface area contributed by atoms with Gasteiger partial charge < -0.3 is 14.8 Å². The number of benzene rings is 3. The van der Waals surface area contributed by atoms with Crippen molar-refractivity contribution in [3.63, 3.8) is 0 Å². The van der Waals surface area contributed by atoms with Gasteiger partial charge in [0.05, 0.1) is 12.0 Å². The Morgan fingerprint density at radius 2 is 1.74 bits per heavy atom. The Bertz CT molecular complexity index is 1290. The van der Waals surface area contributed by atoms with Crippen molar-refractivity contribution in [2.45, 2.75) is 6.61 Å². The molecule has 1 heterocycles. The van der Waals surface area contributed by atoms with E-state index in [0.717, 1.165) is 16.7 Å². The van der Waals surface area contributed by atoms with Crippen molar-refractivity contribution >= 4 is 40.6 Å². The summed E-state index contributed by atoms with van der Waals surface area (Å²) >= 11 is 0.742. The smallest absolute Gasteiger partial charge is 0.294 e. The number of hydrogen-bond acceptors (Lipinski definition) is 6. The average molecular weight is 493 g/mol. The third-order valence-corrected chi connectivity index (χ3v) is 6.00. The number of hydrogen-bond donors (Lipinski definition) is 1. The number of carbonyl (C=O) groups excluding carboxylic acids is 3. The first kappa shape index (κ1) is 24.0. The van der Waals surface area contributed by atoms with Crippen LogP contribution in [0.3, 0.4) is 0 Å². The monoisotopic (exact) mass is 492 g/mol. The van der Waals surface area contributed by atoms with E-state index < -0.39 is 23.6 Å². The Balaban J connectivity index is 1.44. The van der Waals surface area contributed by atoms with E-state index in [1.807, 2.05) is 0 Å². The van der Waals surface area contributed by atoms with Crippen LogP contribution in [-0.2, 0) is 16.2 Å². The zero-order valence-electron chi connectivity index (χ0n) is 18.7. The summed E-state index contributed by atoms with van der Waals surface area (Å²) in [7, 11) is 1.54. The van der Waals surface area contributed by atoms with Crippen LogP contribution in [0.25, 0.3) is 6.08 Å². The summed E-state index contributed by atoms with van der Waals surface area (Å²) in [6.07, 6.45) is 1.53. The van der Waals surface area contributed by atoms with Gasteiger partial charge in [-0.15, -0.1) is 0 Å². The fourth-order valence-corrected chi connectivity index (χ4v) is 4.13. The normalized spacial score (nSPS) is 14.3. The second kappa shape index (κ2) is 10.9. The number of carbonyl (C=O) groups is 3. The SMILES string of the molecule is COc1ccc(NC(=O)CN2C(=O)S/C(=C/c3ccccc3OCc3ccccc3F)C2=O)cc1. The first-order valence-electron chi connectivity index (χ1n) is 10.6. The fraction of sp³-hybridized carbons (Fsp3) is 0.115. The molecule has 0 radical (unpaired) electrons. The Morgan fingerprint density at radius 3 is 2.49 bits per heavy atom. The third kappa shape index (κ3) is 5.88. The van der Waals surface area contributed by atoms with Crippen LogP contribution in [0.4, 0.5) is 14.9 Å². The van der Waals surface area contributed by atoms with Crippen LogP contribution >= 0.6 is 11.8 Å². The van der Waals surface area contributed by atoms with Crippen molar-refractivity contribution in [3.8, 4) is 11.5 Å². The van der Waals surface area contributed by atoms with Gasteiger partial charge in [-0.05, 0) is 54.2 Å². The summed E-state index contributed by atoms with van der Waals surface area (Å²) in [6, 6.07) is 19.9. The highest BCUT2D eigenvalue weighted by molar-refractivity contribution is 8.18. The quantitative estimate of drug-likeness (QED) is 0.441. The largest absolute Gasteiger partial charge is 0.497 e. The molecule has 0 aromatic heterocycles. The van der Waals surface area contributed by atoms with Gasteiger partial charge in [-0.1, -0.05) is 36.4 Å². The van der Waals surface area contributed by atoms with Crippen LogP contribution in [0.1, 0.15) is 11.1 Å². The second-order valence-corrected chi connectivity index (χ2v) is 8.46. The molecule has 0 aliphatic carbocycles. The highest BCUT2D eigenvalue weighted by Crippen LogP contribution is 2.34. The minimum absolute atomic E-state index is 0.00450. The van der Waals surface area contributed by atoms with E-state index in [4.69, 9.17) is 9.47 Å². The van der Waals surface area contributed by atoms with Crippen LogP contribution in [0.15, 0.2) is 77.7 Å². The lowest BCUT2D eigenvalue weighted by Gasteiger charge is -2.13. The third-order valence-electron chi connectivity index (χ3n) is 5.10. The lowest BCUT2D eigenvalue weighted by molar-refractivity contribution is -0.127. The van der Waals surface area contributed by atoms with Crippen molar-refractivity contribution in [1.29, 1.82) is 0 Å². The van der Waals surface area contributed by atoms with E-state index >= 15 is 0 Å². The molecule has 0 spiro atoms. The molecule has 9 heteroatoms. The van der Waals surface area contributed by atoms with E-state index in [1.54, 1.807) is 66.7 Å². The Kier molecular flexibility index (Phi) is 7.47. The van der Waals surface area contributed by atoms with E-state index in [9.17, 15) is 18.8 Å². The maximum atomic E-state index is 13.9. The maximum Gasteiger partial charge on any atom is 0.294 e. The number of imide groups is 1. The number of methoxy groups -OCH3 is 1. The van der Waals surface area contributed by atoms with Gasteiger partial charge >= 0.3 is 0 Å². The minimum Gasteiger partial charge on any atom is -0.497 e. The van der Waals surface area contributed by atoms with E-state index in [-0.39, 0.29) is 17.3 Å². The average Bonchev–Trinajstić information content (AvgIpc) is 3.12. The molecular formula is C26H21FN2O5S. The standard InChI is InChI=1S/C26H21FN2O5S/c1-33-20-12-10-19(11-13-20)28-24(30)15-29-25(31)23(35-26(29)32)14-17-6-3-5-9-22(17)34-16-18-7-2-4-8-21(18)27/h2-14H,15-16H2,1H3,(H,28,30)/b23-14+. The number of anilines is 1. The molecule has 1 aliphatic heterocycles. The number of para-hydroxylation sites is 1. The number of ether oxygens (including phenoxy) is 2. The molecule has 1 N–H and O–H groups in total. The lowest BCUT2D eigenvalue weighted by atomic mass is 10.1. The van der Waals surface area contributed by atoms with Crippen molar-refractivity contribution in [1.82, 2.24) is 4.90 Å². The number of halogens is 1. The summed E-state index contributed by atoms with van der Waals surface area (Å²) in [5.74, 6) is -0.391. The molecule has 178 valence electrons. The summed E-state index contributed by atoms with van der Waals surface area (Å²) in [6.45, 7) is -0.413. The molecule has 3 aromatic rings. The molecule has 35 heavy (non-hydrogen) atoms. The van der Waals surface area contributed by atoms with Gasteiger partial charge in [-0.2, -0.15) is 0 Å². The molecule has 1 aliphatic rings. The number of amides is 3. The highest BCUT2D eigenvalue weighted by atomic mass is 32.2. The summed E-state index contributed by atoms with van der Waals surface area (Å²) < 4.78 is 24.8. The molecular weight excluding hydrogens is 471 g/mol. The second-order valence-electron chi connectivity index (χ2n) is 7.46. The maximum absolute atomic E-state index is 13.9. The summed E-state index contributed by atoms with van der Waals surface area (Å²) in [5.41, 5.74) is 1.46. The first-order chi connectivity index (χ1) is 16.9.